The maximum absolute atomic E-state index is 2.36. The van der Waals surface area contributed by atoms with Crippen molar-refractivity contribution >= 4 is 0 Å². The Bertz CT molecular complexity index is 273. The number of rotatable bonds is 0. The highest BCUT2D eigenvalue weighted by molar-refractivity contribution is 5.32. The van der Waals surface area contributed by atoms with Crippen LogP contribution >= 0.6 is 0 Å². The molecule has 0 heteroatoms. The average Bonchev–Trinajstić information content (AvgIpc) is 2.59. The minimum atomic E-state index is 1.30. The molecule has 0 nitrogen and oxygen atoms in total. The SMILES string of the molecule is CC.CC.Cc1ccc2c(c1)CCCCC2. The highest BCUT2D eigenvalue weighted by Crippen LogP contribution is 2.21. The van der Waals surface area contributed by atoms with Crippen LogP contribution in [0.4, 0.5) is 0 Å². The fourth-order valence-corrected chi connectivity index (χ4v) is 2.04. The summed E-state index contributed by atoms with van der Waals surface area (Å²) < 4.78 is 0. The molecule has 2 rings (SSSR count). The standard InChI is InChI=1S/C12H16.2C2H6/c1-10-7-8-11-5-3-2-4-6-12(11)9-10;2*1-2/h7-9H,2-6H2,1H3;2*1-2H3. The zero-order valence-electron chi connectivity index (χ0n) is 11.8. The van der Waals surface area contributed by atoms with Gasteiger partial charge in [-0.2, -0.15) is 0 Å². The Labute approximate surface area is 102 Å². The predicted octanol–water partition coefficient (Wildman–Crippen LogP) is 5.32. The van der Waals surface area contributed by atoms with Crippen LogP contribution in [0.5, 0.6) is 0 Å². The van der Waals surface area contributed by atoms with E-state index in [1.165, 1.54) is 37.7 Å². The molecule has 0 saturated heterocycles. The van der Waals surface area contributed by atoms with Gasteiger partial charge in [-0.05, 0) is 43.7 Å². The zero-order valence-corrected chi connectivity index (χ0v) is 11.8. The maximum Gasteiger partial charge on any atom is -0.0276 e. The first kappa shape index (κ1) is 15.2. The molecule has 1 aliphatic carbocycles. The van der Waals surface area contributed by atoms with Gasteiger partial charge in [0.05, 0.1) is 0 Å². The second-order valence-electron chi connectivity index (χ2n) is 3.83. The molecule has 1 aromatic carbocycles. The van der Waals surface area contributed by atoms with Crippen molar-refractivity contribution in [2.45, 2.75) is 66.7 Å². The summed E-state index contributed by atoms with van der Waals surface area (Å²) in [6.45, 7) is 10.2. The molecule has 0 amide bonds. The Morgan fingerprint density at radius 2 is 1.31 bits per heavy atom. The van der Waals surface area contributed by atoms with Gasteiger partial charge in [0.25, 0.3) is 0 Å². The fraction of sp³-hybridized carbons (Fsp3) is 0.625. The number of aryl methyl sites for hydroxylation is 3. The molecule has 0 fully saturated rings. The number of hydrogen-bond donors (Lipinski definition) is 0. The Hall–Kier alpha value is -0.780. The maximum atomic E-state index is 2.36. The summed E-state index contributed by atoms with van der Waals surface area (Å²) in [5, 5.41) is 0. The monoisotopic (exact) mass is 220 g/mol. The lowest BCUT2D eigenvalue weighted by Crippen LogP contribution is -1.90. The van der Waals surface area contributed by atoms with E-state index in [2.05, 4.69) is 25.1 Å². The summed E-state index contributed by atoms with van der Waals surface area (Å²) in [5.41, 5.74) is 4.61. The predicted molar refractivity (Wildman–Crippen MR) is 75.1 cm³/mol. The summed E-state index contributed by atoms with van der Waals surface area (Å²) in [5.74, 6) is 0. The van der Waals surface area contributed by atoms with E-state index >= 15 is 0 Å². The summed E-state index contributed by atoms with van der Waals surface area (Å²) >= 11 is 0. The van der Waals surface area contributed by atoms with Crippen LogP contribution in [-0.2, 0) is 12.8 Å². The third kappa shape index (κ3) is 4.83. The lowest BCUT2D eigenvalue weighted by Gasteiger charge is -2.05. The molecule has 0 aromatic heterocycles. The molecule has 0 radical (unpaired) electrons. The summed E-state index contributed by atoms with van der Waals surface area (Å²) in [6, 6.07) is 6.92. The van der Waals surface area contributed by atoms with Crippen molar-refractivity contribution < 1.29 is 0 Å². The van der Waals surface area contributed by atoms with Gasteiger partial charge in [0.2, 0.25) is 0 Å². The Kier molecular flexibility index (Phi) is 8.99. The van der Waals surface area contributed by atoms with Crippen LogP contribution in [0.1, 0.15) is 63.6 Å². The van der Waals surface area contributed by atoms with Crippen LogP contribution in [-0.4, -0.2) is 0 Å². The van der Waals surface area contributed by atoms with Gasteiger partial charge >= 0.3 is 0 Å². The molecule has 0 bridgehead atoms. The van der Waals surface area contributed by atoms with E-state index in [1.807, 2.05) is 27.7 Å². The quantitative estimate of drug-likeness (QED) is 0.519. The highest BCUT2D eigenvalue weighted by atomic mass is 14.1. The van der Waals surface area contributed by atoms with Gasteiger partial charge in [-0.3, -0.25) is 0 Å². The number of benzene rings is 1. The van der Waals surface area contributed by atoms with Crippen molar-refractivity contribution in [2.24, 2.45) is 0 Å². The Morgan fingerprint density at radius 1 is 0.750 bits per heavy atom. The van der Waals surface area contributed by atoms with Gasteiger partial charge in [0.15, 0.2) is 0 Å². The van der Waals surface area contributed by atoms with E-state index in [0.29, 0.717) is 0 Å². The Morgan fingerprint density at radius 3 is 1.94 bits per heavy atom. The first-order valence-electron chi connectivity index (χ1n) is 6.95. The number of fused-ring (bicyclic) bond motifs is 1. The molecular weight excluding hydrogens is 192 g/mol. The van der Waals surface area contributed by atoms with E-state index in [0.717, 1.165) is 0 Å². The molecular formula is C16H28. The van der Waals surface area contributed by atoms with Crippen molar-refractivity contribution in [1.29, 1.82) is 0 Å². The minimum absolute atomic E-state index is 1.30. The summed E-state index contributed by atoms with van der Waals surface area (Å²) in [4.78, 5) is 0. The topological polar surface area (TPSA) is 0 Å². The van der Waals surface area contributed by atoms with Crippen LogP contribution in [0, 0.1) is 6.92 Å². The summed E-state index contributed by atoms with van der Waals surface area (Å²) in [7, 11) is 0. The number of hydrogen-bond acceptors (Lipinski definition) is 0. The summed E-state index contributed by atoms with van der Waals surface area (Å²) in [6.07, 6.45) is 6.78. The van der Waals surface area contributed by atoms with Crippen LogP contribution in [0.25, 0.3) is 0 Å². The molecule has 0 heterocycles. The van der Waals surface area contributed by atoms with E-state index in [4.69, 9.17) is 0 Å². The second kappa shape index (κ2) is 9.45. The molecule has 0 N–H and O–H groups in total. The van der Waals surface area contributed by atoms with Crippen LogP contribution in [0.2, 0.25) is 0 Å². The van der Waals surface area contributed by atoms with E-state index < -0.39 is 0 Å². The normalized spacial score (nSPS) is 13.3. The largest absolute Gasteiger partial charge is 0.0683 e. The molecule has 1 aromatic rings. The van der Waals surface area contributed by atoms with Gasteiger partial charge in [0, 0.05) is 0 Å². The lowest BCUT2D eigenvalue weighted by atomic mass is 10.0. The van der Waals surface area contributed by atoms with Gasteiger partial charge in [0.1, 0.15) is 0 Å². The fourth-order valence-electron chi connectivity index (χ4n) is 2.04. The van der Waals surface area contributed by atoms with Crippen molar-refractivity contribution in [3.8, 4) is 0 Å². The molecule has 0 atom stereocenters. The zero-order chi connectivity index (χ0) is 12.4. The molecule has 0 saturated carbocycles. The van der Waals surface area contributed by atoms with Crippen molar-refractivity contribution in [3.05, 3.63) is 34.9 Å². The molecule has 92 valence electrons. The van der Waals surface area contributed by atoms with Crippen LogP contribution < -0.4 is 0 Å². The van der Waals surface area contributed by atoms with E-state index in [1.54, 1.807) is 11.1 Å². The molecule has 0 spiro atoms. The van der Waals surface area contributed by atoms with Gasteiger partial charge in [-0.25, -0.2) is 0 Å². The molecule has 16 heavy (non-hydrogen) atoms. The van der Waals surface area contributed by atoms with Crippen molar-refractivity contribution in [2.75, 3.05) is 0 Å². The first-order valence-corrected chi connectivity index (χ1v) is 6.95. The van der Waals surface area contributed by atoms with Crippen LogP contribution in [0.3, 0.4) is 0 Å². The second-order valence-corrected chi connectivity index (χ2v) is 3.83. The van der Waals surface area contributed by atoms with E-state index in [-0.39, 0.29) is 0 Å². The third-order valence-corrected chi connectivity index (χ3v) is 2.75. The minimum Gasteiger partial charge on any atom is -0.0683 e. The smallest absolute Gasteiger partial charge is 0.0276 e. The van der Waals surface area contributed by atoms with Crippen molar-refractivity contribution in [1.82, 2.24) is 0 Å². The van der Waals surface area contributed by atoms with E-state index in [9.17, 15) is 0 Å². The first-order chi connectivity index (χ1) is 7.86. The lowest BCUT2D eigenvalue weighted by molar-refractivity contribution is 0.711. The van der Waals surface area contributed by atoms with Gasteiger partial charge in [-0.15, -0.1) is 0 Å². The average molecular weight is 220 g/mol. The third-order valence-electron chi connectivity index (χ3n) is 2.75. The molecule has 0 aliphatic heterocycles. The van der Waals surface area contributed by atoms with Gasteiger partial charge in [-0.1, -0.05) is 57.9 Å². The highest BCUT2D eigenvalue weighted by Gasteiger charge is 2.06. The van der Waals surface area contributed by atoms with Crippen LogP contribution in [0.15, 0.2) is 18.2 Å². The molecule has 1 aliphatic rings. The van der Waals surface area contributed by atoms with Gasteiger partial charge < -0.3 is 0 Å². The molecule has 0 unspecified atom stereocenters. The van der Waals surface area contributed by atoms with Crippen molar-refractivity contribution in [3.63, 3.8) is 0 Å². The Balaban J connectivity index is 0.000000509.